The first-order chi connectivity index (χ1) is 9.21. The molecule has 0 spiro atoms. The Hall–Kier alpha value is -1.56. The second-order valence-electron chi connectivity index (χ2n) is 6.99. The molecule has 0 heteroatoms. The fraction of sp³-hybridized carbons (Fsp3) is 0.400. The Bertz CT molecular complexity index is 368. The predicted octanol–water partition coefficient (Wildman–Crippen LogP) is 6.42. The standard InChI is InChI=1S/C20H30/c1-19(2,3)17-15-13-11-9-7-8-10-12-14-16-18-20(4,5)6/h7-18H,1-6H3/b9-7+,10-8+,13-11+,14-12+,17-15+,18-16+. The summed E-state index contributed by atoms with van der Waals surface area (Å²) >= 11 is 0. The molecule has 0 aromatic rings. The normalized spacial score (nSPS) is 15.3. The molecule has 0 bridgehead atoms. The third kappa shape index (κ3) is 16.4. The van der Waals surface area contributed by atoms with Crippen molar-refractivity contribution in [3.05, 3.63) is 72.9 Å². The molecule has 0 aliphatic heterocycles. The highest BCUT2D eigenvalue weighted by molar-refractivity contribution is 5.20. The number of rotatable bonds is 5. The monoisotopic (exact) mass is 270 g/mol. The molecule has 0 radical (unpaired) electrons. The maximum absolute atomic E-state index is 2.19. The maximum Gasteiger partial charge on any atom is -0.0200 e. The van der Waals surface area contributed by atoms with Gasteiger partial charge in [-0.15, -0.1) is 0 Å². The van der Waals surface area contributed by atoms with Crippen LogP contribution < -0.4 is 0 Å². The Morgan fingerprint density at radius 2 is 0.550 bits per heavy atom. The minimum absolute atomic E-state index is 0.249. The van der Waals surface area contributed by atoms with Crippen LogP contribution in [0.3, 0.4) is 0 Å². The zero-order valence-corrected chi connectivity index (χ0v) is 13.9. The van der Waals surface area contributed by atoms with Gasteiger partial charge in [-0.1, -0.05) is 114 Å². The smallest absolute Gasteiger partial charge is 0.0200 e. The van der Waals surface area contributed by atoms with Crippen LogP contribution in [-0.4, -0.2) is 0 Å². The molecule has 0 amide bonds. The summed E-state index contributed by atoms with van der Waals surface area (Å²) in [5, 5.41) is 0. The van der Waals surface area contributed by atoms with Gasteiger partial charge in [-0.25, -0.2) is 0 Å². The van der Waals surface area contributed by atoms with Crippen molar-refractivity contribution in [2.24, 2.45) is 10.8 Å². The summed E-state index contributed by atoms with van der Waals surface area (Å²) < 4.78 is 0. The van der Waals surface area contributed by atoms with Gasteiger partial charge in [0.25, 0.3) is 0 Å². The zero-order valence-electron chi connectivity index (χ0n) is 13.9. The van der Waals surface area contributed by atoms with Crippen molar-refractivity contribution >= 4 is 0 Å². The van der Waals surface area contributed by atoms with Crippen molar-refractivity contribution in [2.45, 2.75) is 41.5 Å². The van der Waals surface area contributed by atoms with E-state index in [1.165, 1.54) is 0 Å². The fourth-order valence-electron chi connectivity index (χ4n) is 1.20. The lowest BCUT2D eigenvalue weighted by Gasteiger charge is -2.09. The third-order valence-corrected chi connectivity index (χ3v) is 2.19. The van der Waals surface area contributed by atoms with Crippen LogP contribution in [-0.2, 0) is 0 Å². The molecule has 0 atom stereocenters. The van der Waals surface area contributed by atoms with E-state index in [9.17, 15) is 0 Å². The first kappa shape index (κ1) is 18.4. The van der Waals surface area contributed by atoms with E-state index in [1.54, 1.807) is 0 Å². The molecule has 0 aromatic heterocycles. The van der Waals surface area contributed by atoms with Crippen molar-refractivity contribution in [2.75, 3.05) is 0 Å². The molecule has 0 unspecified atom stereocenters. The molecule has 110 valence electrons. The van der Waals surface area contributed by atoms with Crippen LogP contribution in [0, 0.1) is 10.8 Å². The van der Waals surface area contributed by atoms with Crippen molar-refractivity contribution < 1.29 is 0 Å². The summed E-state index contributed by atoms with van der Waals surface area (Å²) in [6, 6.07) is 0. The third-order valence-electron chi connectivity index (χ3n) is 2.19. The topological polar surface area (TPSA) is 0 Å². The molecular weight excluding hydrogens is 240 g/mol. The molecule has 0 fully saturated rings. The van der Waals surface area contributed by atoms with Gasteiger partial charge in [0.05, 0.1) is 0 Å². The van der Waals surface area contributed by atoms with Gasteiger partial charge in [-0.3, -0.25) is 0 Å². The first-order valence-electron chi connectivity index (χ1n) is 7.24. The molecule has 0 heterocycles. The van der Waals surface area contributed by atoms with Crippen molar-refractivity contribution in [1.29, 1.82) is 0 Å². The van der Waals surface area contributed by atoms with Gasteiger partial charge in [0.15, 0.2) is 0 Å². The summed E-state index contributed by atoms with van der Waals surface area (Å²) in [5.74, 6) is 0. The van der Waals surface area contributed by atoms with Crippen LogP contribution in [0.1, 0.15) is 41.5 Å². The van der Waals surface area contributed by atoms with E-state index in [4.69, 9.17) is 0 Å². The molecule has 0 aliphatic carbocycles. The second kappa shape index (κ2) is 9.36. The Balaban J connectivity index is 3.99. The first-order valence-corrected chi connectivity index (χ1v) is 7.24. The average Bonchev–Trinajstić information content (AvgIpc) is 2.27. The molecule has 0 N–H and O–H groups in total. The predicted molar refractivity (Wildman–Crippen MR) is 93.8 cm³/mol. The molecule has 0 rings (SSSR count). The quantitative estimate of drug-likeness (QED) is 0.506. The van der Waals surface area contributed by atoms with Crippen molar-refractivity contribution in [1.82, 2.24) is 0 Å². The molecule has 20 heavy (non-hydrogen) atoms. The van der Waals surface area contributed by atoms with E-state index in [1.807, 2.05) is 36.5 Å². The van der Waals surface area contributed by atoms with Gasteiger partial charge < -0.3 is 0 Å². The molecule has 0 aliphatic rings. The van der Waals surface area contributed by atoms with Crippen molar-refractivity contribution in [3.8, 4) is 0 Å². The summed E-state index contributed by atoms with van der Waals surface area (Å²) in [5.41, 5.74) is 0.499. The molecule has 0 saturated heterocycles. The van der Waals surface area contributed by atoms with Gasteiger partial charge in [0, 0.05) is 0 Å². The largest absolute Gasteiger partial charge is 0.0791 e. The summed E-state index contributed by atoms with van der Waals surface area (Å²) in [6.45, 7) is 13.1. The van der Waals surface area contributed by atoms with Crippen LogP contribution >= 0.6 is 0 Å². The Labute approximate surface area is 126 Å². The number of allylic oxidation sites excluding steroid dienone is 12. The summed E-state index contributed by atoms with van der Waals surface area (Å²) in [6.07, 6.45) is 24.9. The molecular formula is C20H30. The number of hydrogen-bond donors (Lipinski definition) is 0. The van der Waals surface area contributed by atoms with Crippen molar-refractivity contribution in [3.63, 3.8) is 0 Å². The lowest BCUT2D eigenvalue weighted by atomic mass is 9.96. The number of hydrogen-bond acceptors (Lipinski definition) is 0. The van der Waals surface area contributed by atoms with Crippen LogP contribution in [0.5, 0.6) is 0 Å². The van der Waals surface area contributed by atoms with E-state index >= 15 is 0 Å². The Morgan fingerprint density at radius 3 is 0.750 bits per heavy atom. The zero-order chi connectivity index (χ0) is 15.5. The Morgan fingerprint density at radius 1 is 0.350 bits per heavy atom. The highest BCUT2D eigenvalue weighted by Gasteiger charge is 2.02. The van der Waals surface area contributed by atoms with Gasteiger partial charge in [-0.2, -0.15) is 0 Å². The van der Waals surface area contributed by atoms with E-state index in [0.717, 1.165) is 0 Å². The van der Waals surface area contributed by atoms with Gasteiger partial charge >= 0.3 is 0 Å². The van der Waals surface area contributed by atoms with Gasteiger partial charge in [0.2, 0.25) is 0 Å². The van der Waals surface area contributed by atoms with E-state index in [2.05, 4.69) is 78.0 Å². The minimum atomic E-state index is 0.249. The Kier molecular flexibility index (Phi) is 8.63. The van der Waals surface area contributed by atoms with Crippen LogP contribution in [0.15, 0.2) is 72.9 Å². The second-order valence-corrected chi connectivity index (χ2v) is 6.99. The lowest BCUT2D eigenvalue weighted by molar-refractivity contribution is 0.544. The van der Waals surface area contributed by atoms with Crippen LogP contribution in [0.2, 0.25) is 0 Å². The maximum atomic E-state index is 2.19. The van der Waals surface area contributed by atoms with E-state index < -0.39 is 0 Å². The van der Waals surface area contributed by atoms with E-state index in [0.29, 0.717) is 0 Å². The highest BCUT2D eigenvalue weighted by atomic mass is 14.1. The van der Waals surface area contributed by atoms with Gasteiger partial charge in [-0.05, 0) is 10.8 Å². The van der Waals surface area contributed by atoms with E-state index in [-0.39, 0.29) is 10.8 Å². The van der Waals surface area contributed by atoms with Crippen LogP contribution in [0.4, 0.5) is 0 Å². The summed E-state index contributed by atoms with van der Waals surface area (Å²) in [7, 11) is 0. The SMILES string of the molecule is CC(C)(C)/C=C/C=C/C=C/C=C/C=C/C=C/C(C)(C)C. The molecule has 0 saturated carbocycles. The lowest BCUT2D eigenvalue weighted by Crippen LogP contribution is -1.97. The molecule has 0 aromatic carbocycles. The minimum Gasteiger partial charge on any atom is -0.0791 e. The van der Waals surface area contributed by atoms with Crippen LogP contribution in [0.25, 0.3) is 0 Å². The highest BCUT2D eigenvalue weighted by Crippen LogP contribution is 2.14. The average molecular weight is 270 g/mol. The molecule has 0 nitrogen and oxygen atoms in total. The summed E-state index contributed by atoms with van der Waals surface area (Å²) in [4.78, 5) is 0. The fourth-order valence-corrected chi connectivity index (χ4v) is 1.20. The van der Waals surface area contributed by atoms with Gasteiger partial charge in [0.1, 0.15) is 0 Å².